The minimum absolute atomic E-state index is 0. The molecule has 1 aromatic rings. The minimum atomic E-state index is 0. The highest BCUT2D eigenvalue weighted by Gasteiger charge is 2.32. The molecule has 1 aliphatic heterocycles. The van der Waals surface area contributed by atoms with E-state index >= 15 is 0 Å². The number of hydrogen-bond donors (Lipinski definition) is 1. The maximum atomic E-state index is 3.52. The summed E-state index contributed by atoms with van der Waals surface area (Å²) in [6.45, 7) is 11.5. The first kappa shape index (κ1) is 20.2. The predicted octanol–water partition coefficient (Wildman–Crippen LogP) is 4.29. The normalized spacial score (nSPS) is 17.8. The third-order valence-corrected chi connectivity index (χ3v) is 4.05. The second kappa shape index (κ2) is 8.60. The van der Waals surface area contributed by atoms with Crippen LogP contribution in [0.5, 0.6) is 0 Å². The van der Waals surface area contributed by atoms with Gasteiger partial charge in [0.15, 0.2) is 0 Å². The van der Waals surface area contributed by atoms with Crippen molar-refractivity contribution in [3.63, 3.8) is 0 Å². The summed E-state index contributed by atoms with van der Waals surface area (Å²) in [6.07, 6.45) is 0. The van der Waals surface area contributed by atoms with Gasteiger partial charge in [-0.3, -0.25) is 4.90 Å². The van der Waals surface area contributed by atoms with Crippen molar-refractivity contribution in [2.24, 2.45) is 5.41 Å². The Morgan fingerprint density at radius 2 is 1.55 bits per heavy atom. The molecule has 1 aromatic carbocycles. The Labute approximate surface area is 143 Å². The van der Waals surface area contributed by atoms with Gasteiger partial charge >= 0.3 is 0 Å². The van der Waals surface area contributed by atoms with Crippen LogP contribution in [0, 0.1) is 5.41 Å². The number of hydrogen-bond acceptors (Lipinski definition) is 2. The van der Waals surface area contributed by atoms with Crippen LogP contribution in [0.4, 0.5) is 0 Å². The second-order valence-corrected chi connectivity index (χ2v) is 7.02. The topological polar surface area (TPSA) is 15.3 Å². The lowest BCUT2D eigenvalue weighted by atomic mass is 9.81. The van der Waals surface area contributed by atoms with Crippen LogP contribution in [0.2, 0.25) is 0 Å². The highest BCUT2D eigenvalue weighted by Crippen LogP contribution is 2.38. The van der Waals surface area contributed by atoms with Crippen molar-refractivity contribution in [3.05, 3.63) is 34.3 Å². The summed E-state index contributed by atoms with van der Waals surface area (Å²) in [7, 11) is 0. The van der Waals surface area contributed by atoms with Gasteiger partial charge in [-0.05, 0) is 23.1 Å². The molecule has 0 bridgehead atoms. The predicted molar refractivity (Wildman–Crippen MR) is 95.3 cm³/mol. The lowest BCUT2D eigenvalue weighted by molar-refractivity contribution is 0.0862. The van der Waals surface area contributed by atoms with Gasteiger partial charge in [-0.15, -0.1) is 24.8 Å². The monoisotopic (exact) mass is 382 g/mol. The number of nitrogens with zero attached hydrogens (tertiary/aromatic N) is 1. The number of piperazine rings is 1. The molecule has 1 N–H and O–H groups in total. The minimum Gasteiger partial charge on any atom is -0.314 e. The zero-order chi connectivity index (χ0) is 13.2. The summed E-state index contributed by atoms with van der Waals surface area (Å²) in [5.41, 5.74) is 1.68. The van der Waals surface area contributed by atoms with Crippen molar-refractivity contribution in [2.45, 2.75) is 26.8 Å². The highest BCUT2D eigenvalue weighted by atomic mass is 79.9. The summed E-state index contributed by atoms with van der Waals surface area (Å²) >= 11 is 3.52. The Hall–Kier alpha value is 0.200. The SMILES string of the molecule is CC(C)(C)[C@H](c1ccc(Br)cc1)N1CCNCC1.Cl.Cl. The van der Waals surface area contributed by atoms with Gasteiger partial charge in [0.25, 0.3) is 0 Å². The van der Waals surface area contributed by atoms with Crippen LogP contribution >= 0.6 is 40.7 Å². The van der Waals surface area contributed by atoms with Crippen molar-refractivity contribution in [1.82, 2.24) is 10.2 Å². The molecule has 5 heteroatoms. The van der Waals surface area contributed by atoms with Crippen LogP contribution < -0.4 is 5.32 Å². The molecule has 0 unspecified atom stereocenters. The second-order valence-electron chi connectivity index (χ2n) is 6.11. The van der Waals surface area contributed by atoms with E-state index in [1.54, 1.807) is 0 Å². The third-order valence-electron chi connectivity index (χ3n) is 3.52. The van der Waals surface area contributed by atoms with Gasteiger partial charge in [0.1, 0.15) is 0 Å². The molecule has 0 amide bonds. The molecule has 1 heterocycles. The van der Waals surface area contributed by atoms with Crippen molar-refractivity contribution in [2.75, 3.05) is 26.2 Å². The Morgan fingerprint density at radius 1 is 1.05 bits per heavy atom. The average molecular weight is 384 g/mol. The molecule has 2 rings (SSSR count). The molecule has 1 atom stereocenters. The van der Waals surface area contributed by atoms with E-state index in [0.29, 0.717) is 6.04 Å². The molecule has 1 aliphatic rings. The van der Waals surface area contributed by atoms with Crippen molar-refractivity contribution in [1.29, 1.82) is 0 Å². The molecule has 0 aromatic heterocycles. The molecular weight excluding hydrogens is 359 g/mol. The molecule has 0 spiro atoms. The van der Waals surface area contributed by atoms with Gasteiger partial charge in [0, 0.05) is 36.7 Å². The van der Waals surface area contributed by atoms with E-state index in [1.165, 1.54) is 5.56 Å². The highest BCUT2D eigenvalue weighted by molar-refractivity contribution is 9.10. The molecule has 1 fully saturated rings. The molecule has 2 nitrogen and oxygen atoms in total. The maximum absolute atomic E-state index is 3.52. The Kier molecular flexibility index (Phi) is 8.68. The molecule has 1 saturated heterocycles. The average Bonchev–Trinajstić information content (AvgIpc) is 2.32. The fraction of sp³-hybridized carbons (Fsp3) is 0.600. The van der Waals surface area contributed by atoms with Crippen LogP contribution in [0.25, 0.3) is 0 Å². The number of rotatable bonds is 2. The molecule has 0 radical (unpaired) electrons. The summed E-state index contributed by atoms with van der Waals surface area (Å²) in [5, 5.41) is 3.43. The Balaban J connectivity index is 0.00000180. The van der Waals surface area contributed by atoms with Gasteiger partial charge in [-0.1, -0.05) is 48.8 Å². The fourth-order valence-corrected chi connectivity index (χ4v) is 3.11. The lowest BCUT2D eigenvalue weighted by Crippen LogP contribution is -2.48. The van der Waals surface area contributed by atoms with Crippen LogP contribution in [-0.4, -0.2) is 31.1 Å². The van der Waals surface area contributed by atoms with Crippen LogP contribution in [0.3, 0.4) is 0 Å². The molecule has 20 heavy (non-hydrogen) atoms. The fourth-order valence-electron chi connectivity index (χ4n) is 2.84. The first-order chi connectivity index (χ1) is 8.48. The lowest BCUT2D eigenvalue weighted by Gasteiger charge is -2.42. The molecule has 116 valence electrons. The summed E-state index contributed by atoms with van der Waals surface area (Å²) in [6, 6.07) is 9.30. The maximum Gasteiger partial charge on any atom is 0.0397 e. The number of nitrogens with one attached hydrogen (secondary N) is 1. The van der Waals surface area contributed by atoms with Crippen molar-refractivity contribution >= 4 is 40.7 Å². The third kappa shape index (κ3) is 5.19. The standard InChI is InChI=1S/C15H23BrN2.2ClH/c1-15(2,3)14(18-10-8-17-9-11-18)12-4-6-13(16)7-5-12;;/h4-7,14,17H,8-11H2,1-3H3;2*1H/t14-;;/m0../s1. The smallest absolute Gasteiger partial charge is 0.0397 e. The van der Waals surface area contributed by atoms with Crippen LogP contribution in [0.1, 0.15) is 32.4 Å². The first-order valence-corrected chi connectivity index (χ1v) is 7.48. The zero-order valence-corrected chi connectivity index (χ0v) is 15.6. The molecule has 0 aliphatic carbocycles. The van der Waals surface area contributed by atoms with Gasteiger partial charge in [0.2, 0.25) is 0 Å². The Bertz CT molecular complexity index is 384. The van der Waals surface area contributed by atoms with Crippen LogP contribution in [0.15, 0.2) is 28.7 Å². The number of halogens is 3. The van der Waals surface area contributed by atoms with Crippen molar-refractivity contribution in [3.8, 4) is 0 Å². The van der Waals surface area contributed by atoms with Crippen molar-refractivity contribution < 1.29 is 0 Å². The van der Waals surface area contributed by atoms with Gasteiger partial charge in [-0.25, -0.2) is 0 Å². The summed E-state index contributed by atoms with van der Waals surface area (Å²) < 4.78 is 1.15. The Morgan fingerprint density at radius 3 is 2.00 bits per heavy atom. The largest absolute Gasteiger partial charge is 0.314 e. The van der Waals surface area contributed by atoms with E-state index in [-0.39, 0.29) is 30.2 Å². The van der Waals surface area contributed by atoms with Gasteiger partial charge in [-0.2, -0.15) is 0 Å². The summed E-state index contributed by atoms with van der Waals surface area (Å²) in [4.78, 5) is 2.61. The molecule has 0 saturated carbocycles. The quantitative estimate of drug-likeness (QED) is 0.819. The zero-order valence-electron chi connectivity index (χ0n) is 12.4. The van der Waals surface area contributed by atoms with E-state index in [2.05, 4.69) is 71.2 Å². The van der Waals surface area contributed by atoms with E-state index in [0.717, 1.165) is 30.7 Å². The van der Waals surface area contributed by atoms with Gasteiger partial charge in [0.05, 0.1) is 0 Å². The van der Waals surface area contributed by atoms with E-state index in [9.17, 15) is 0 Å². The number of benzene rings is 1. The first-order valence-electron chi connectivity index (χ1n) is 6.69. The summed E-state index contributed by atoms with van der Waals surface area (Å²) in [5.74, 6) is 0. The van der Waals surface area contributed by atoms with E-state index in [1.807, 2.05) is 0 Å². The van der Waals surface area contributed by atoms with Gasteiger partial charge < -0.3 is 5.32 Å². The van der Waals surface area contributed by atoms with Crippen LogP contribution in [-0.2, 0) is 0 Å². The molecular formula is C15H25BrCl2N2. The van der Waals surface area contributed by atoms with E-state index < -0.39 is 0 Å². The van der Waals surface area contributed by atoms with E-state index in [4.69, 9.17) is 0 Å².